The molecule has 0 spiro atoms. The quantitative estimate of drug-likeness (QED) is 0.733. The van der Waals surface area contributed by atoms with Gasteiger partial charge in [-0.3, -0.25) is 9.69 Å². The van der Waals surface area contributed by atoms with Crippen LogP contribution in [0.5, 0.6) is 0 Å². The molecule has 0 aliphatic rings. The average Bonchev–Trinajstić information content (AvgIpc) is 2.36. The predicted molar refractivity (Wildman–Crippen MR) is 72.5 cm³/mol. The number of carbonyl (C=O) groups is 1. The van der Waals surface area contributed by atoms with Crippen molar-refractivity contribution < 1.29 is 4.79 Å². The van der Waals surface area contributed by atoms with E-state index >= 15 is 0 Å². The maximum atomic E-state index is 11.0. The molecule has 0 saturated carbocycles. The second-order valence-electron chi connectivity index (χ2n) is 3.93. The molecule has 1 aromatic carbocycles. The number of hydrogen-bond acceptors (Lipinski definition) is 3. The van der Waals surface area contributed by atoms with E-state index in [-0.39, 0.29) is 12.5 Å². The first kappa shape index (κ1) is 14.2. The number of rotatable bonds is 5. The van der Waals surface area contributed by atoms with Crippen molar-refractivity contribution in [1.82, 2.24) is 4.90 Å². The maximum absolute atomic E-state index is 11.0. The van der Waals surface area contributed by atoms with E-state index in [9.17, 15) is 4.79 Å². The highest BCUT2D eigenvalue weighted by molar-refractivity contribution is 5.75. The molecule has 0 aliphatic carbocycles. The van der Waals surface area contributed by atoms with Gasteiger partial charge in [-0.2, -0.15) is 0 Å². The second-order valence-corrected chi connectivity index (χ2v) is 3.93. The number of primary amides is 1. The molecule has 1 rings (SSSR count). The molecule has 0 aliphatic heterocycles. The molecule has 0 fully saturated rings. The SMILES string of the molecule is CCN(CC(N)=O)Cc1ccccc1C#CCN. The van der Waals surface area contributed by atoms with Crippen LogP contribution in [0.15, 0.2) is 24.3 Å². The van der Waals surface area contributed by atoms with E-state index in [1.165, 1.54) is 0 Å². The fraction of sp³-hybridized carbons (Fsp3) is 0.357. The largest absolute Gasteiger partial charge is 0.369 e. The predicted octanol–water partition coefficient (Wildman–Crippen LogP) is 0.304. The average molecular weight is 245 g/mol. The van der Waals surface area contributed by atoms with Gasteiger partial charge in [-0.25, -0.2) is 0 Å². The van der Waals surface area contributed by atoms with E-state index in [2.05, 4.69) is 11.8 Å². The minimum Gasteiger partial charge on any atom is -0.369 e. The summed E-state index contributed by atoms with van der Waals surface area (Å²) in [7, 11) is 0. The highest BCUT2D eigenvalue weighted by atomic mass is 16.1. The van der Waals surface area contributed by atoms with Crippen molar-refractivity contribution in [1.29, 1.82) is 0 Å². The lowest BCUT2D eigenvalue weighted by molar-refractivity contribution is -0.119. The Morgan fingerprint density at radius 1 is 1.39 bits per heavy atom. The minimum atomic E-state index is -0.317. The Labute approximate surface area is 108 Å². The molecule has 0 bridgehead atoms. The normalized spacial score (nSPS) is 9.94. The van der Waals surface area contributed by atoms with Crippen LogP contribution in [-0.4, -0.2) is 30.4 Å². The van der Waals surface area contributed by atoms with Gasteiger partial charge >= 0.3 is 0 Å². The molecule has 4 heteroatoms. The monoisotopic (exact) mass is 245 g/mol. The van der Waals surface area contributed by atoms with Crippen molar-refractivity contribution in [2.45, 2.75) is 13.5 Å². The Hall–Kier alpha value is -1.83. The fourth-order valence-corrected chi connectivity index (χ4v) is 1.67. The summed E-state index contributed by atoms with van der Waals surface area (Å²) in [5.74, 6) is 5.57. The van der Waals surface area contributed by atoms with Crippen molar-refractivity contribution in [2.75, 3.05) is 19.6 Å². The van der Waals surface area contributed by atoms with Crippen molar-refractivity contribution in [3.63, 3.8) is 0 Å². The summed E-state index contributed by atoms with van der Waals surface area (Å²) in [5.41, 5.74) is 12.6. The first-order chi connectivity index (χ1) is 8.67. The first-order valence-corrected chi connectivity index (χ1v) is 5.94. The van der Waals surface area contributed by atoms with E-state index in [0.29, 0.717) is 13.1 Å². The fourth-order valence-electron chi connectivity index (χ4n) is 1.67. The molecule has 1 amide bonds. The Bertz CT molecular complexity index is 460. The van der Waals surface area contributed by atoms with Crippen LogP contribution in [0.3, 0.4) is 0 Å². The number of carbonyl (C=O) groups excluding carboxylic acids is 1. The van der Waals surface area contributed by atoms with Gasteiger partial charge in [0.25, 0.3) is 0 Å². The molecular formula is C14H19N3O. The molecule has 18 heavy (non-hydrogen) atoms. The minimum absolute atomic E-state index is 0.259. The van der Waals surface area contributed by atoms with E-state index < -0.39 is 0 Å². The summed E-state index contributed by atoms with van der Waals surface area (Å²) in [6.45, 7) is 4.02. The third-order valence-corrected chi connectivity index (χ3v) is 2.56. The Morgan fingerprint density at radius 3 is 2.72 bits per heavy atom. The molecule has 4 nitrogen and oxygen atoms in total. The summed E-state index contributed by atoms with van der Waals surface area (Å²) >= 11 is 0. The molecule has 0 unspecified atom stereocenters. The highest BCUT2D eigenvalue weighted by Crippen LogP contribution is 2.10. The van der Waals surface area contributed by atoms with Crippen molar-refractivity contribution >= 4 is 5.91 Å². The van der Waals surface area contributed by atoms with Crippen molar-refractivity contribution in [2.24, 2.45) is 11.5 Å². The molecule has 0 aromatic heterocycles. The zero-order valence-electron chi connectivity index (χ0n) is 10.6. The third-order valence-electron chi connectivity index (χ3n) is 2.56. The van der Waals surface area contributed by atoms with Crippen LogP contribution in [0.2, 0.25) is 0 Å². The van der Waals surface area contributed by atoms with Crippen LogP contribution >= 0.6 is 0 Å². The second kappa shape index (κ2) is 7.49. The van der Waals surface area contributed by atoms with Gasteiger partial charge < -0.3 is 11.5 Å². The maximum Gasteiger partial charge on any atom is 0.231 e. The van der Waals surface area contributed by atoms with Gasteiger partial charge in [0.1, 0.15) is 0 Å². The smallest absolute Gasteiger partial charge is 0.231 e. The highest BCUT2D eigenvalue weighted by Gasteiger charge is 2.08. The van der Waals surface area contributed by atoms with Crippen LogP contribution in [0, 0.1) is 11.8 Å². The van der Waals surface area contributed by atoms with Gasteiger partial charge in [0.15, 0.2) is 0 Å². The van der Waals surface area contributed by atoms with E-state index in [1.54, 1.807) is 0 Å². The third kappa shape index (κ3) is 4.58. The van der Waals surface area contributed by atoms with Gasteiger partial charge in [-0.1, -0.05) is 37.0 Å². The molecule has 0 heterocycles. The van der Waals surface area contributed by atoms with Crippen LogP contribution in [0.25, 0.3) is 0 Å². The van der Waals surface area contributed by atoms with Gasteiger partial charge in [0, 0.05) is 12.1 Å². The summed E-state index contributed by atoms with van der Waals surface area (Å²) in [6, 6.07) is 7.86. The van der Waals surface area contributed by atoms with Gasteiger partial charge in [-0.05, 0) is 18.2 Å². The number of likely N-dealkylation sites (N-methyl/N-ethyl adjacent to an activating group) is 1. The standard InChI is InChI=1S/C14H19N3O/c1-2-17(11-14(16)18)10-13-7-4-3-6-12(13)8-5-9-15/h3-4,6-7H,2,9-11,15H2,1H3,(H2,16,18). The molecule has 0 saturated heterocycles. The number of nitrogens with two attached hydrogens (primary N) is 2. The zero-order chi connectivity index (χ0) is 13.4. The number of nitrogens with zero attached hydrogens (tertiary/aromatic N) is 1. The number of amides is 1. The molecule has 1 aromatic rings. The number of hydrogen-bond donors (Lipinski definition) is 2. The lowest BCUT2D eigenvalue weighted by Gasteiger charge is -2.19. The van der Waals surface area contributed by atoms with Crippen LogP contribution < -0.4 is 11.5 Å². The van der Waals surface area contributed by atoms with E-state index in [1.807, 2.05) is 36.1 Å². The summed E-state index contributed by atoms with van der Waals surface area (Å²) in [4.78, 5) is 12.9. The van der Waals surface area contributed by atoms with Crippen LogP contribution in [-0.2, 0) is 11.3 Å². The zero-order valence-corrected chi connectivity index (χ0v) is 10.6. The Balaban J connectivity index is 2.85. The number of benzene rings is 1. The van der Waals surface area contributed by atoms with Crippen molar-refractivity contribution in [3.05, 3.63) is 35.4 Å². The lowest BCUT2D eigenvalue weighted by Crippen LogP contribution is -2.33. The molecule has 96 valence electrons. The molecule has 0 atom stereocenters. The van der Waals surface area contributed by atoms with Crippen LogP contribution in [0.4, 0.5) is 0 Å². The van der Waals surface area contributed by atoms with Gasteiger partial charge in [0.2, 0.25) is 5.91 Å². The first-order valence-electron chi connectivity index (χ1n) is 5.94. The van der Waals surface area contributed by atoms with Crippen molar-refractivity contribution in [3.8, 4) is 11.8 Å². The van der Waals surface area contributed by atoms with Crippen LogP contribution in [0.1, 0.15) is 18.1 Å². The summed E-state index contributed by atoms with van der Waals surface area (Å²) in [5, 5.41) is 0. The van der Waals surface area contributed by atoms with E-state index in [0.717, 1.165) is 17.7 Å². The lowest BCUT2D eigenvalue weighted by atomic mass is 10.1. The summed E-state index contributed by atoms with van der Waals surface area (Å²) < 4.78 is 0. The summed E-state index contributed by atoms with van der Waals surface area (Å²) in [6.07, 6.45) is 0. The van der Waals surface area contributed by atoms with E-state index in [4.69, 9.17) is 11.5 Å². The molecular weight excluding hydrogens is 226 g/mol. The topological polar surface area (TPSA) is 72.3 Å². The van der Waals surface area contributed by atoms with Gasteiger partial charge in [0.05, 0.1) is 13.1 Å². The van der Waals surface area contributed by atoms with Gasteiger partial charge in [-0.15, -0.1) is 0 Å². The Kier molecular flexibility index (Phi) is 5.92. The molecule has 0 radical (unpaired) electrons. The Morgan fingerprint density at radius 2 is 2.11 bits per heavy atom. The molecule has 4 N–H and O–H groups in total.